The fraction of sp³-hybridized carbons (Fsp3) is 0.615. The molecule has 0 aliphatic carbocycles. The van der Waals surface area contributed by atoms with Crippen molar-refractivity contribution in [3.63, 3.8) is 0 Å². The molecule has 0 unspecified atom stereocenters. The first-order valence-electron chi connectivity index (χ1n) is 6.02. The van der Waals surface area contributed by atoms with Crippen LogP contribution in [0, 0.1) is 0 Å². The number of likely N-dealkylation sites (N-methyl/N-ethyl adjacent to an activating group) is 1. The summed E-state index contributed by atoms with van der Waals surface area (Å²) < 4.78 is 5.05. The lowest BCUT2D eigenvalue weighted by Crippen LogP contribution is -2.23. The lowest BCUT2D eigenvalue weighted by molar-refractivity contribution is 0.206. The predicted octanol–water partition coefficient (Wildman–Crippen LogP) is 1.61. The number of anilines is 1. The summed E-state index contributed by atoms with van der Waals surface area (Å²) in [5.41, 5.74) is 1.96. The number of aliphatic hydroxyl groups is 1. The van der Waals surface area contributed by atoms with Gasteiger partial charge in [-0.1, -0.05) is 13.3 Å². The fourth-order valence-electron chi connectivity index (χ4n) is 1.65. The van der Waals surface area contributed by atoms with Crippen LogP contribution < -0.4 is 4.90 Å². The third-order valence-electron chi connectivity index (χ3n) is 2.64. The molecule has 0 aromatic carbocycles. The van der Waals surface area contributed by atoms with E-state index in [-0.39, 0.29) is 6.61 Å². The first-order chi connectivity index (χ1) is 8.21. The van der Waals surface area contributed by atoms with Crippen LogP contribution in [0.2, 0.25) is 0 Å². The lowest BCUT2D eigenvalue weighted by atomic mass is 10.1. The molecule has 0 fully saturated rings. The molecule has 1 heterocycles. The van der Waals surface area contributed by atoms with Crippen LogP contribution >= 0.6 is 0 Å². The molecule has 1 aromatic heterocycles. The van der Waals surface area contributed by atoms with Crippen molar-refractivity contribution in [3.05, 3.63) is 23.4 Å². The zero-order chi connectivity index (χ0) is 12.7. The molecular formula is C13H22N2O2. The Morgan fingerprint density at radius 2 is 2.18 bits per heavy atom. The molecule has 1 aromatic rings. The summed E-state index contributed by atoms with van der Waals surface area (Å²) in [6.45, 7) is 3.65. The minimum Gasteiger partial charge on any atom is -0.392 e. The Bertz CT molecular complexity index is 342. The van der Waals surface area contributed by atoms with Gasteiger partial charge >= 0.3 is 0 Å². The molecule has 0 atom stereocenters. The number of hydrogen-bond acceptors (Lipinski definition) is 4. The Balaban J connectivity index is 2.85. The highest BCUT2D eigenvalue weighted by molar-refractivity contribution is 5.41. The van der Waals surface area contributed by atoms with Gasteiger partial charge in [-0.2, -0.15) is 0 Å². The van der Waals surface area contributed by atoms with Crippen molar-refractivity contribution in [1.82, 2.24) is 4.98 Å². The number of aliphatic hydroxyl groups excluding tert-OH is 1. The third-order valence-corrected chi connectivity index (χ3v) is 2.64. The highest BCUT2D eigenvalue weighted by atomic mass is 16.5. The average molecular weight is 238 g/mol. The van der Waals surface area contributed by atoms with Crippen LogP contribution in [0.25, 0.3) is 0 Å². The summed E-state index contributed by atoms with van der Waals surface area (Å²) >= 11 is 0. The number of nitrogens with zero attached hydrogens (tertiary/aromatic N) is 2. The van der Waals surface area contributed by atoms with Gasteiger partial charge in [0.25, 0.3) is 0 Å². The maximum Gasteiger partial charge on any atom is 0.128 e. The molecule has 0 spiro atoms. The van der Waals surface area contributed by atoms with Gasteiger partial charge in [0.1, 0.15) is 5.82 Å². The van der Waals surface area contributed by atoms with Crippen molar-refractivity contribution in [2.75, 3.05) is 32.2 Å². The molecule has 4 nitrogen and oxygen atoms in total. The van der Waals surface area contributed by atoms with E-state index in [9.17, 15) is 5.11 Å². The van der Waals surface area contributed by atoms with Gasteiger partial charge in [-0.05, 0) is 24.1 Å². The molecule has 1 N–H and O–H groups in total. The molecular weight excluding hydrogens is 216 g/mol. The molecule has 0 amide bonds. The van der Waals surface area contributed by atoms with Crippen LogP contribution in [0.15, 0.2) is 12.1 Å². The maximum atomic E-state index is 9.24. The SMILES string of the molecule is CCCc1cc(CO)cc(N(C)CCOC)n1. The van der Waals surface area contributed by atoms with Gasteiger partial charge in [-0.25, -0.2) is 4.98 Å². The van der Waals surface area contributed by atoms with Crippen LogP contribution in [0.3, 0.4) is 0 Å². The second kappa shape index (κ2) is 7.25. The Hall–Kier alpha value is -1.13. The summed E-state index contributed by atoms with van der Waals surface area (Å²) in [6, 6.07) is 3.89. The van der Waals surface area contributed by atoms with E-state index in [0.717, 1.165) is 36.5 Å². The summed E-state index contributed by atoms with van der Waals surface area (Å²) in [4.78, 5) is 6.63. The van der Waals surface area contributed by atoms with E-state index < -0.39 is 0 Å². The first-order valence-corrected chi connectivity index (χ1v) is 6.02. The first kappa shape index (κ1) is 13.9. The molecule has 17 heavy (non-hydrogen) atoms. The minimum absolute atomic E-state index is 0.0599. The van der Waals surface area contributed by atoms with Crippen LogP contribution in [-0.2, 0) is 17.8 Å². The second-order valence-electron chi connectivity index (χ2n) is 4.15. The smallest absolute Gasteiger partial charge is 0.128 e. The third kappa shape index (κ3) is 4.32. The van der Waals surface area contributed by atoms with Crippen LogP contribution in [0.4, 0.5) is 5.82 Å². The van der Waals surface area contributed by atoms with Crippen molar-refractivity contribution in [1.29, 1.82) is 0 Å². The number of pyridine rings is 1. The highest BCUT2D eigenvalue weighted by Gasteiger charge is 2.06. The van der Waals surface area contributed by atoms with Crippen LogP contribution in [0.1, 0.15) is 24.6 Å². The number of aromatic nitrogens is 1. The number of ether oxygens (including phenoxy) is 1. The number of aryl methyl sites for hydroxylation is 1. The number of methoxy groups -OCH3 is 1. The Labute approximate surface area is 103 Å². The van der Waals surface area contributed by atoms with Gasteiger partial charge in [-0.15, -0.1) is 0 Å². The minimum atomic E-state index is 0.0599. The molecule has 0 bridgehead atoms. The van der Waals surface area contributed by atoms with Crippen molar-refractivity contribution < 1.29 is 9.84 Å². The Morgan fingerprint density at radius 1 is 1.41 bits per heavy atom. The van der Waals surface area contributed by atoms with Gasteiger partial charge in [0.15, 0.2) is 0 Å². The van der Waals surface area contributed by atoms with Gasteiger partial charge < -0.3 is 14.7 Å². The average Bonchev–Trinajstić information content (AvgIpc) is 2.35. The second-order valence-corrected chi connectivity index (χ2v) is 4.15. The molecule has 0 aliphatic rings. The van der Waals surface area contributed by atoms with Gasteiger partial charge in [0.05, 0.1) is 13.2 Å². The maximum absolute atomic E-state index is 9.24. The summed E-state index contributed by atoms with van der Waals surface area (Å²) in [7, 11) is 3.67. The van der Waals surface area contributed by atoms with Gasteiger partial charge in [-0.3, -0.25) is 0 Å². The summed E-state index contributed by atoms with van der Waals surface area (Å²) in [5.74, 6) is 0.900. The Kier molecular flexibility index (Phi) is 5.94. The van der Waals surface area contributed by atoms with E-state index in [0.29, 0.717) is 6.61 Å². The van der Waals surface area contributed by atoms with Gasteiger partial charge in [0.2, 0.25) is 0 Å². The van der Waals surface area contributed by atoms with Crippen molar-refractivity contribution >= 4 is 5.82 Å². The summed E-state index contributed by atoms with van der Waals surface area (Å²) in [6.07, 6.45) is 2.00. The monoisotopic (exact) mass is 238 g/mol. The van der Waals surface area contributed by atoms with E-state index in [4.69, 9.17) is 4.74 Å². The molecule has 0 radical (unpaired) electrons. The topological polar surface area (TPSA) is 45.6 Å². The molecule has 1 rings (SSSR count). The van der Waals surface area contributed by atoms with Gasteiger partial charge in [0, 0.05) is 26.4 Å². The normalized spacial score (nSPS) is 10.6. The molecule has 0 saturated carbocycles. The van der Waals surface area contributed by atoms with E-state index in [1.165, 1.54) is 0 Å². The molecule has 0 aliphatic heterocycles. The largest absolute Gasteiger partial charge is 0.392 e. The van der Waals surface area contributed by atoms with Crippen molar-refractivity contribution in [2.24, 2.45) is 0 Å². The zero-order valence-corrected chi connectivity index (χ0v) is 10.9. The van der Waals surface area contributed by atoms with Crippen molar-refractivity contribution in [2.45, 2.75) is 26.4 Å². The van der Waals surface area contributed by atoms with E-state index in [1.807, 2.05) is 24.1 Å². The van der Waals surface area contributed by atoms with E-state index in [2.05, 4.69) is 11.9 Å². The highest BCUT2D eigenvalue weighted by Crippen LogP contribution is 2.15. The summed E-state index contributed by atoms with van der Waals surface area (Å²) in [5, 5.41) is 9.24. The zero-order valence-electron chi connectivity index (χ0n) is 10.9. The van der Waals surface area contributed by atoms with Crippen LogP contribution in [-0.4, -0.2) is 37.4 Å². The lowest BCUT2D eigenvalue weighted by Gasteiger charge is -2.19. The van der Waals surface area contributed by atoms with Crippen LogP contribution in [0.5, 0.6) is 0 Å². The Morgan fingerprint density at radius 3 is 2.76 bits per heavy atom. The quantitative estimate of drug-likeness (QED) is 0.784. The molecule has 0 saturated heterocycles. The van der Waals surface area contributed by atoms with Crippen molar-refractivity contribution in [3.8, 4) is 0 Å². The van der Waals surface area contributed by atoms with E-state index in [1.54, 1.807) is 7.11 Å². The molecule has 4 heteroatoms. The molecule has 96 valence electrons. The van der Waals surface area contributed by atoms with E-state index >= 15 is 0 Å². The fourth-order valence-corrected chi connectivity index (χ4v) is 1.65. The number of hydrogen-bond donors (Lipinski definition) is 1. The predicted molar refractivity (Wildman–Crippen MR) is 69.3 cm³/mol. The standard InChI is InChI=1S/C13H22N2O2/c1-4-5-12-8-11(10-16)9-13(14-12)15(2)6-7-17-3/h8-9,16H,4-7,10H2,1-3H3. The number of rotatable bonds is 7.